The summed E-state index contributed by atoms with van der Waals surface area (Å²) in [7, 11) is 1.72. The van der Waals surface area contributed by atoms with E-state index < -0.39 is 0 Å². The van der Waals surface area contributed by atoms with Gasteiger partial charge in [-0.1, -0.05) is 42.5 Å². The highest BCUT2D eigenvalue weighted by Gasteiger charge is 2.13. The van der Waals surface area contributed by atoms with Gasteiger partial charge in [0.1, 0.15) is 0 Å². The molecular weight excluding hydrogens is 371 g/mol. The molecule has 0 amide bonds. The van der Waals surface area contributed by atoms with E-state index in [1.165, 1.54) is 9.13 Å². The van der Waals surface area contributed by atoms with Gasteiger partial charge in [-0.3, -0.25) is 0 Å². The lowest BCUT2D eigenvalue weighted by atomic mass is 10.0. The van der Waals surface area contributed by atoms with Crippen molar-refractivity contribution in [3.8, 4) is 0 Å². The Hall–Kier alpha value is -0.580. The molecule has 0 fully saturated rings. The van der Waals surface area contributed by atoms with Gasteiger partial charge in [0.2, 0.25) is 0 Å². The third-order valence-electron chi connectivity index (χ3n) is 3.05. The van der Waals surface area contributed by atoms with Gasteiger partial charge in [-0.25, -0.2) is 0 Å². The topological polar surface area (TPSA) is 9.23 Å². The summed E-state index contributed by atoms with van der Waals surface area (Å²) < 4.78 is 6.28. The highest BCUT2D eigenvalue weighted by atomic mass is 127. The Labute approximate surface area is 133 Å². The molecule has 0 radical (unpaired) electrons. The Balaban J connectivity index is 2.16. The zero-order chi connectivity index (χ0) is 13.7. The third-order valence-corrected chi connectivity index (χ3v) is 4.51. The first kappa shape index (κ1) is 14.8. The second-order valence-corrected chi connectivity index (χ2v) is 5.97. The van der Waals surface area contributed by atoms with Gasteiger partial charge in [0.15, 0.2) is 0 Å². The summed E-state index contributed by atoms with van der Waals surface area (Å²) in [4.78, 5) is 0. The molecule has 2 aromatic rings. The zero-order valence-corrected chi connectivity index (χ0v) is 13.7. The lowest BCUT2D eigenvalue weighted by Crippen LogP contribution is -1.98. The molecule has 2 rings (SSSR count). The molecule has 0 heterocycles. The average Bonchev–Trinajstić information content (AvgIpc) is 2.45. The van der Waals surface area contributed by atoms with E-state index >= 15 is 0 Å². The fraction of sp³-hybridized carbons (Fsp3) is 0.250. The second kappa shape index (κ2) is 7.27. The molecule has 1 unspecified atom stereocenters. The molecule has 0 aliphatic heterocycles. The van der Waals surface area contributed by atoms with E-state index in [0.29, 0.717) is 0 Å². The summed E-state index contributed by atoms with van der Waals surface area (Å²) in [6, 6.07) is 16.7. The van der Waals surface area contributed by atoms with Crippen LogP contribution in [0.2, 0.25) is 0 Å². The molecule has 1 atom stereocenters. The number of methoxy groups -OCH3 is 1. The Morgan fingerprint density at radius 2 is 1.79 bits per heavy atom. The number of benzene rings is 2. The molecule has 0 saturated carbocycles. The minimum Gasteiger partial charge on any atom is -0.384 e. The summed E-state index contributed by atoms with van der Waals surface area (Å²) in [6.45, 7) is 0.750. The van der Waals surface area contributed by atoms with Crippen molar-refractivity contribution in [3.63, 3.8) is 0 Å². The molecule has 0 aliphatic carbocycles. The van der Waals surface area contributed by atoms with Crippen molar-refractivity contribution in [1.29, 1.82) is 0 Å². The quantitative estimate of drug-likeness (QED) is 0.529. The normalized spacial score (nSPS) is 12.4. The third kappa shape index (κ3) is 3.94. The molecule has 0 N–H and O–H groups in total. The van der Waals surface area contributed by atoms with Crippen LogP contribution in [0.1, 0.15) is 22.1 Å². The Morgan fingerprint density at radius 1 is 1.11 bits per heavy atom. The Bertz CT molecular complexity index is 525. The molecule has 2 aromatic carbocycles. The molecule has 0 aromatic heterocycles. The van der Waals surface area contributed by atoms with Crippen molar-refractivity contribution >= 4 is 34.2 Å². The number of hydrogen-bond acceptors (Lipinski definition) is 1. The summed E-state index contributed by atoms with van der Waals surface area (Å²) >= 11 is 8.89. The van der Waals surface area contributed by atoms with Crippen molar-refractivity contribution in [2.24, 2.45) is 0 Å². The standard InChI is InChI=1S/C16H16ClIO/c1-19-11-10-12-6-8-13(9-7-12)16(17)14-4-2-3-5-15(14)18/h2-9,16H,10-11H2,1H3. The second-order valence-electron chi connectivity index (χ2n) is 4.37. The maximum absolute atomic E-state index is 6.56. The first-order valence-corrected chi connectivity index (χ1v) is 7.70. The predicted octanol–water partition coefficient (Wildman–Crippen LogP) is 4.81. The van der Waals surface area contributed by atoms with Gasteiger partial charge in [-0.05, 0) is 51.8 Å². The van der Waals surface area contributed by atoms with E-state index in [-0.39, 0.29) is 5.38 Å². The number of hydrogen-bond donors (Lipinski definition) is 0. The van der Waals surface area contributed by atoms with Crippen molar-refractivity contribution in [1.82, 2.24) is 0 Å². The number of rotatable bonds is 5. The van der Waals surface area contributed by atoms with Crippen LogP contribution in [0.25, 0.3) is 0 Å². The van der Waals surface area contributed by atoms with Gasteiger partial charge in [0.25, 0.3) is 0 Å². The molecule has 0 spiro atoms. The molecule has 3 heteroatoms. The first-order valence-electron chi connectivity index (χ1n) is 6.18. The van der Waals surface area contributed by atoms with Gasteiger partial charge >= 0.3 is 0 Å². The maximum atomic E-state index is 6.56. The Kier molecular flexibility index (Phi) is 5.67. The summed E-state index contributed by atoms with van der Waals surface area (Å²) in [5.74, 6) is 0. The zero-order valence-electron chi connectivity index (χ0n) is 10.8. The maximum Gasteiger partial charge on any atom is 0.0845 e. The molecule has 0 bridgehead atoms. The monoisotopic (exact) mass is 386 g/mol. The summed E-state index contributed by atoms with van der Waals surface area (Å²) in [5, 5.41) is -0.0930. The van der Waals surface area contributed by atoms with E-state index in [4.69, 9.17) is 16.3 Å². The van der Waals surface area contributed by atoms with Crippen molar-refractivity contribution in [3.05, 3.63) is 68.8 Å². The van der Waals surface area contributed by atoms with Crippen LogP contribution in [-0.4, -0.2) is 13.7 Å². The fourth-order valence-electron chi connectivity index (χ4n) is 1.93. The van der Waals surface area contributed by atoms with E-state index in [9.17, 15) is 0 Å². The smallest absolute Gasteiger partial charge is 0.0845 e. The van der Waals surface area contributed by atoms with Crippen LogP contribution < -0.4 is 0 Å². The average molecular weight is 387 g/mol. The van der Waals surface area contributed by atoms with Crippen LogP contribution in [0.5, 0.6) is 0 Å². The minimum absolute atomic E-state index is 0.0930. The lowest BCUT2D eigenvalue weighted by Gasteiger charge is -2.13. The molecular formula is C16H16ClIO. The minimum atomic E-state index is -0.0930. The van der Waals surface area contributed by atoms with Gasteiger partial charge < -0.3 is 4.74 Å². The van der Waals surface area contributed by atoms with Crippen LogP contribution in [0, 0.1) is 3.57 Å². The molecule has 100 valence electrons. The number of alkyl halides is 1. The van der Waals surface area contributed by atoms with Gasteiger partial charge in [0, 0.05) is 10.7 Å². The van der Waals surface area contributed by atoms with Crippen LogP contribution in [0.4, 0.5) is 0 Å². The molecule has 0 aliphatic rings. The van der Waals surface area contributed by atoms with Crippen molar-refractivity contribution in [2.75, 3.05) is 13.7 Å². The van der Waals surface area contributed by atoms with E-state index in [1.54, 1.807) is 7.11 Å². The fourth-order valence-corrected chi connectivity index (χ4v) is 3.15. The van der Waals surface area contributed by atoms with Crippen LogP contribution in [0.15, 0.2) is 48.5 Å². The van der Waals surface area contributed by atoms with E-state index in [2.05, 4.69) is 59.0 Å². The molecule has 0 saturated heterocycles. The van der Waals surface area contributed by atoms with Gasteiger partial charge in [-0.15, -0.1) is 11.6 Å². The van der Waals surface area contributed by atoms with Gasteiger partial charge in [0.05, 0.1) is 12.0 Å². The van der Waals surface area contributed by atoms with Gasteiger partial charge in [-0.2, -0.15) is 0 Å². The van der Waals surface area contributed by atoms with Crippen molar-refractivity contribution in [2.45, 2.75) is 11.8 Å². The number of ether oxygens (including phenoxy) is 1. The van der Waals surface area contributed by atoms with E-state index in [1.807, 2.05) is 12.1 Å². The van der Waals surface area contributed by atoms with E-state index in [0.717, 1.165) is 24.2 Å². The molecule has 19 heavy (non-hydrogen) atoms. The highest BCUT2D eigenvalue weighted by molar-refractivity contribution is 14.1. The predicted molar refractivity (Wildman–Crippen MR) is 88.9 cm³/mol. The summed E-state index contributed by atoms with van der Waals surface area (Å²) in [6.07, 6.45) is 0.937. The Morgan fingerprint density at radius 3 is 2.42 bits per heavy atom. The largest absolute Gasteiger partial charge is 0.384 e. The SMILES string of the molecule is COCCc1ccc(C(Cl)c2ccccc2I)cc1. The number of halogens is 2. The van der Waals surface area contributed by atoms with Crippen LogP contribution in [0.3, 0.4) is 0 Å². The highest BCUT2D eigenvalue weighted by Crippen LogP contribution is 2.31. The van der Waals surface area contributed by atoms with Crippen LogP contribution in [-0.2, 0) is 11.2 Å². The first-order chi connectivity index (χ1) is 9.22. The molecule has 1 nitrogen and oxygen atoms in total. The van der Waals surface area contributed by atoms with Crippen LogP contribution >= 0.6 is 34.2 Å². The summed E-state index contributed by atoms with van der Waals surface area (Å²) in [5.41, 5.74) is 3.57. The lowest BCUT2D eigenvalue weighted by molar-refractivity contribution is 0.202. The van der Waals surface area contributed by atoms with Crippen molar-refractivity contribution < 1.29 is 4.74 Å².